The number of ether oxygens (including phenoxy) is 4. The number of hydrogen-bond acceptors (Lipinski definition) is 7. The highest BCUT2D eigenvalue weighted by Gasteiger charge is 2.77. The molecular formula is C25H31F3O7. The Morgan fingerprint density at radius 1 is 1.06 bits per heavy atom. The fourth-order valence-electron chi connectivity index (χ4n) is 6.53. The van der Waals surface area contributed by atoms with Gasteiger partial charge in [-0.2, -0.15) is 13.2 Å². The number of alkyl halides is 3. The van der Waals surface area contributed by atoms with Gasteiger partial charge in [-0.15, -0.1) is 0 Å². The second-order valence-electron chi connectivity index (χ2n) is 10.5. The van der Waals surface area contributed by atoms with Crippen LogP contribution in [0.1, 0.15) is 62.4 Å². The van der Waals surface area contributed by atoms with Crippen LogP contribution >= 0.6 is 0 Å². The van der Waals surface area contributed by atoms with Crippen LogP contribution in [0.3, 0.4) is 0 Å². The molecule has 35 heavy (non-hydrogen) atoms. The summed E-state index contributed by atoms with van der Waals surface area (Å²) in [5.74, 6) is -6.09. The first-order valence-electron chi connectivity index (χ1n) is 12.1. The van der Waals surface area contributed by atoms with Gasteiger partial charge < -0.3 is 18.9 Å². The molecule has 0 N–H and O–H groups in total. The Kier molecular flexibility index (Phi) is 6.00. The van der Waals surface area contributed by atoms with Gasteiger partial charge in [0, 0.05) is 18.3 Å². The van der Waals surface area contributed by atoms with E-state index in [9.17, 15) is 18.0 Å². The number of carbonyl (C=O) groups is 1. The molecule has 5 aliphatic rings. The fraction of sp³-hybridized carbons (Fsp3) is 0.720. The van der Waals surface area contributed by atoms with Gasteiger partial charge in [0.2, 0.25) is 5.79 Å². The van der Waals surface area contributed by atoms with Crippen LogP contribution < -0.4 is 0 Å². The largest absolute Gasteiger partial charge is 0.465 e. The number of rotatable bonds is 4. The summed E-state index contributed by atoms with van der Waals surface area (Å²) >= 11 is 0. The standard InChI is InChI=1S/C25H31F3O7/c1-14-5-10-19-15(2)24(25(26,27)28,31-13-16-6-8-17(9-7-16)20(29)30-4)33-21-23(19)18(14)11-12-22(3,32-21)34-35-23/h6-9,14-15,18-19,21H,5,10-13H2,1-4H3/t14-,15-,18+,19?,21+,22+,23-,24-/m1/s1. The Labute approximate surface area is 202 Å². The summed E-state index contributed by atoms with van der Waals surface area (Å²) in [5, 5.41) is 0. The summed E-state index contributed by atoms with van der Waals surface area (Å²) in [6, 6.07) is 6.03. The van der Waals surface area contributed by atoms with Gasteiger partial charge in [-0.05, 0) is 55.7 Å². The van der Waals surface area contributed by atoms with E-state index in [1.807, 2.05) is 0 Å². The van der Waals surface area contributed by atoms with E-state index in [0.717, 1.165) is 6.42 Å². The van der Waals surface area contributed by atoms with Gasteiger partial charge in [0.25, 0.3) is 5.79 Å². The van der Waals surface area contributed by atoms with Crippen molar-refractivity contribution in [2.75, 3.05) is 7.11 Å². The lowest BCUT2D eigenvalue weighted by Gasteiger charge is -2.62. The summed E-state index contributed by atoms with van der Waals surface area (Å²) in [7, 11) is 1.26. The van der Waals surface area contributed by atoms with E-state index in [1.54, 1.807) is 6.92 Å². The molecule has 194 valence electrons. The Balaban J connectivity index is 1.49. The van der Waals surface area contributed by atoms with Crippen LogP contribution in [0.15, 0.2) is 24.3 Å². The third-order valence-electron chi connectivity index (χ3n) is 8.48. The quantitative estimate of drug-likeness (QED) is 0.419. The highest BCUT2D eigenvalue weighted by molar-refractivity contribution is 5.89. The van der Waals surface area contributed by atoms with Crippen molar-refractivity contribution in [3.8, 4) is 0 Å². The van der Waals surface area contributed by atoms with E-state index in [1.165, 1.54) is 38.3 Å². The molecule has 6 rings (SSSR count). The lowest BCUT2D eigenvalue weighted by molar-refractivity contribution is -0.599. The second-order valence-corrected chi connectivity index (χ2v) is 10.5. The van der Waals surface area contributed by atoms with E-state index in [0.29, 0.717) is 30.4 Å². The summed E-state index contributed by atoms with van der Waals surface area (Å²) in [4.78, 5) is 23.3. The molecule has 10 heteroatoms. The number of methoxy groups -OCH3 is 1. The minimum absolute atomic E-state index is 0.0601. The summed E-state index contributed by atoms with van der Waals surface area (Å²) in [5.41, 5.74) is -0.378. The summed E-state index contributed by atoms with van der Waals surface area (Å²) in [6.45, 7) is 4.91. The molecule has 1 aromatic rings. The van der Waals surface area contributed by atoms with Crippen LogP contribution in [0.4, 0.5) is 13.2 Å². The second kappa shape index (κ2) is 8.41. The molecule has 8 atom stereocenters. The van der Waals surface area contributed by atoms with Crippen molar-refractivity contribution in [2.45, 2.75) is 82.7 Å². The van der Waals surface area contributed by atoms with Gasteiger partial charge in [-0.25, -0.2) is 14.6 Å². The van der Waals surface area contributed by atoms with E-state index >= 15 is 0 Å². The van der Waals surface area contributed by atoms with Crippen molar-refractivity contribution in [1.29, 1.82) is 0 Å². The molecule has 5 fully saturated rings. The zero-order valence-corrected chi connectivity index (χ0v) is 20.2. The highest BCUT2D eigenvalue weighted by Crippen LogP contribution is 2.64. The third kappa shape index (κ3) is 3.71. The van der Waals surface area contributed by atoms with Crippen molar-refractivity contribution < 1.29 is 46.7 Å². The Morgan fingerprint density at radius 2 is 1.77 bits per heavy atom. The van der Waals surface area contributed by atoms with Crippen molar-refractivity contribution in [1.82, 2.24) is 0 Å². The SMILES string of the molecule is COC(=O)c1ccc(CO[C@@]2(C(F)(F)F)O[C@@H]3O[C@]4(C)CC[C@H]5[C@H](C)CCC([C@H]2C)[C@@]35OO4)cc1. The predicted molar refractivity (Wildman–Crippen MR) is 114 cm³/mol. The molecule has 2 bridgehead atoms. The number of hydrogen-bond donors (Lipinski definition) is 0. The maximum absolute atomic E-state index is 14.8. The lowest BCUT2D eigenvalue weighted by atomic mass is 9.57. The topological polar surface area (TPSA) is 72.5 Å². The molecule has 1 saturated carbocycles. The molecule has 4 heterocycles. The van der Waals surface area contributed by atoms with Gasteiger partial charge >= 0.3 is 12.1 Å². The van der Waals surface area contributed by atoms with E-state index in [-0.39, 0.29) is 18.4 Å². The normalized spacial score (nSPS) is 42.8. The molecule has 1 aliphatic carbocycles. The van der Waals surface area contributed by atoms with Gasteiger partial charge in [0.1, 0.15) is 0 Å². The van der Waals surface area contributed by atoms with Crippen molar-refractivity contribution in [3.63, 3.8) is 0 Å². The summed E-state index contributed by atoms with van der Waals surface area (Å²) in [6.07, 6.45) is -3.63. The Morgan fingerprint density at radius 3 is 2.43 bits per heavy atom. The smallest absolute Gasteiger partial charge is 0.443 e. The van der Waals surface area contributed by atoms with Gasteiger partial charge in [0.05, 0.1) is 19.3 Å². The van der Waals surface area contributed by atoms with Crippen molar-refractivity contribution in [3.05, 3.63) is 35.4 Å². The highest BCUT2D eigenvalue weighted by atomic mass is 19.4. The zero-order chi connectivity index (χ0) is 25.2. The predicted octanol–water partition coefficient (Wildman–Crippen LogP) is 5.13. The minimum atomic E-state index is -4.84. The first-order valence-corrected chi connectivity index (χ1v) is 12.1. The zero-order valence-electron chi connectivity index (χ0n) is 20.2. The van der Waals surface area contributed by atoms with Crippen LogP contribution in [-0.2, 0) is 35.3 Å². The summed E-state index contributed by atoms with van der Waals surface area (Å²) < 4.78 is 66.7. The van der Waals surface area contributed by atoms with E-state index < -0.39 is 47.4 Å². The maximum Gasteiger partial charge on any atom is 0.443 e. The molecule has 0 aromatic heterocycles. The first-order chi connectivity index (χ1) is 16.5. The van der Waals surface area contributed by atoms with Crippen LogP contribution in [0.5, 0.6) is 0 Å². The average molecular weight is 501 g/mol. The lowest BCUT2D eigenvalue weighted by Crippen LogP contribution is -2.75. The molecule has 1 unspecified atom stereocenters. The van der Waals surface area contributed by atoms with Crippen molar-refractivity contribution >= 4 is 5.97 Å². The van der Waals surface area contributed by atoms with Crippen molar-refractivity contribution in [2.24, 2.45) is 23.7 Å². The number of fused-ring (bicyclic) bond motifs is 2. The average Bonchev–Trinajstić information content (AvgIpc) is 3.05. The van der Waals surface area contributed by atoms with Gasteiger partial charge in [-0.3, -0.25) is 0 Å². The van der Waals surface area contributed by atoms with E-state index in [4.69, 9.17) is 24.0 Å². The molecule has 7 nitrogen and oxygen atoms in total. The molecule has 0 radical (unpaired) electrons. The van der Waals surface area contributed by atoms with E-state index in [2.05, 4.69) is 11.7 Å². The molecule has 1 aromatic carbocycles. The Bertz CT molecular complexity index is 969. The minimum Gasteiger partial charge on any atom is -0.465 e. The van der Waals surface area contributed by atoms with Gasteiger partial charge in [-0.1, -0.05) is 26.0 Å². The third-order valence-corrected chi connectivity index (χ3v) is 8.48. The Hall–Kier alpha value is -1.72. The molecule has 4 aliphatic heterocycles. The number of halogens is 3. The number of benzene rings is 1. The van der Waals surface area contributed by atoms with Crippen LogP contribution in [0.25, 0.3) is 0 Å². The number of carbonyl (C=O) groups excluding carboxylic acids is 1. The van der Waals surface area contributed by atoms with Crippen LogP contribution in [-0.4, -0.2) is 42.7 Å². The maximum atomic E-state index is 14.8. The molecule has 1 spiro atoms. The number of esters is 1. The van der Waals surface area contributed by atoms with Crippen LogP contribution in [0, 0.1) is 23.7 Å². The molecule has 0 amide bonds. The van der Waals surface area contributed by atoms with Crippen LogP contribution in [0.2, 0.25) is 0 Å². The first kappa shape index (κ1) is 25.0. The van der Waals surface area contributed by atoms with Gasteiger partial charge in [0.15, 0.2) is 11.9 Å². The molecular weight excluding hydrogens is 469 g/mol. The monoisotopic (exact) mass is 500 g/mol. The fourth-order valence-corrected chi connectivity index (χ4v) is 6.53. The molecule has 4 saturated heterocycles.